The average Bonchev–Trinajstić information content (AvgIpc) is 2.33. The summed E-state index contributed by atoms with van der Waals surface area (Å²) in [7, 11) is 0. The van der Waals surface area contributed by atoms with Crippen molar-refractivity contribution < 1.29 is 5.11 Å². The third-order valence-electron chi connectivity index (χ3n) is 3.50. The second-order valence-electron chi connectivity index (χ2n) is 5.23. The van der Waals surface area contributed by atoms with Crippen molar-refractivity contribution in [2.24, 2.45) is 0 Å². The Morgan fingerprint density at radius 2 is 1.76 bits per heavy atom. The first-order chi connectivity index (χ1) is 8.16. The molecule has 1 aromatic rings. The standard InChI is InChI=1S/C15H22OS/c1-11(2)12-7-9-13(10-8-12)17-15-6-4-3-5-14(15)16/h7-11,14-16H,3-6H2,1-2H3/t14-,15-/m0/s1. The molecule has 1 saturated carbocycles. The van der Waals surface area contributed by atoms with Crippen LogP contribution >= 0.6 is 11.8 Å². The van der Waals surface area contributed by atoms with Crippen molar-refractivity contribution in [3.8, 4) is 0 Å². The van der Waals surface area contributed by atoms with Crippen LogP contribution in [0.15, 0.2) is 29.2 Å². The molecule has 0 aliphatic heterocycles. The molecule has 1 fully saturated rings. The van der Waals surface area contributed by atoms with Crippen LogP contribution < -0.4 is 0 Å². The van der Waals surface area contributed by atoms with Crippen molar-refractivity contribution in [1.29, 1.82) is 0 Å². The zero-order valence-electron chi connectivity index (χ0n) is 10.7. The van der Waals surface area contributed by atoms with Gasteiger partial charge in [0, 0.05) is 10.1 Å². The van der Waals surface area contributed by atoms with Crippen LogP contribution in [-0.2, 0) is 0 Å². The van der Waals surface area contributed by atoms with Gasteiger partial charge in [0.2, 0.25) is 0 Å². The van der Waals surface area contributed by atoms with Gasteiger partial charge in [-0.25, -0.2) is 0 Å². The molecule has 2 atom stereocenters. The van der Waals surface area contributed by atoms with Crippen molar-refractivity contribution in [3.05, 3.63) is 29.8 Å². The molecule has 1 N–H and O–H groups in total. The van der Waals surface area contributed by atoms with Crippen LogP contribution in [0.5, 0.6) is 0 Å². The summed E-state index contributed by atoms with van der Waals surface area (Å²) in [6.45, 7) is 4.43. The predicted octanol–water partition coefficient (Wildman–Crippen LogP) is 4.21. The summed E-state index contributed by atoms with van der Waals surface area (Å²) in [4.78, 5) is 1.29. The molecular weight excluding hydrogens is 228 g/mol. The Labute approximate surface area is 109 Å². The lowest BCUT2D eigenvalue weighted by molar-refractivity contribution is 0.137. The molecule has 1 aromatic carbocycles. The SMILES string of the molecule is CC(C)c1ccc(S[C@H]2CCCC[C@@H]2O)cc1. The number of hydrogen-bond acceptors (Lipinski definition) is 2. The maximum absolute atomic E-state index is 9.95. The second-order valence-corrected chi connectivity index (χ2v) is 6.54. The molecule has 0 bridgehead atoms. The van der Waals surface area contributed by atoms with E-state index in [0.717, 1.165) is 12.8 Å². The fourth-order valence-electron chi connectivity index (χ4n) is 2.32. The van der Waals surface area contributed by atoms with Gasteiger partial charge in [-0.2, -0.15) is 0 Å². The average molecular weight is 250 g/mol. The van der Waals surface area contributed by atoms with E-state index in [-0.39, 0.29) is 6.10 Å². The van der Waals surface area contributed by atoms with Gasteiger partial charge in [-0.05, 0) is 36.5 Å². The summed E-state index contributed by atoms with van der Waals surface area (Å²) in [6, 6.07) is 8.81. The molecule has 2 rings (SSSR count). The number of hydrogen-bond donors (Lipinski definition) is 1. The molecule has 0 heterocycles. The summed E-state index contributed by atoms with van der Waals surface area (Å²) < 4.78 is 0. The van der Waals surface area contributed by atoms with Crippen LogP contribution in [0.25, 0.3) is 0 Å². The minimum absolute atomic E-state index is 0.112. The number of thioether (sulfide) groups is 1. The highest BCUT2D eigenvalue weighted by atomic mass is 32.2. The Hall–Kier alpha value is -0.470. The first-order valence-electron chi connectivity index (χ1n) is 6.61. The Morgan fingerprint density at radius 1 is 1.12 bits per heavy atom. The number of aliphatic hydroxyl groups is 1. The lowest BCUT2D eigenvalue weighted by Gasteiger charge is -2.27. The van der Waals surface area contributed by atoms with E-state index in [4.69, 9.17) is 0 Å². The Morgan fingerprint density at radius 3 is 2.35 bits per heavy atom. The van der Waals surface area contributed by atoms with Gasteiger partial charge in [0.25, 0.3) is 0 Å². The zero-order chi connectivity index (χ0) is 12.3. The van der Waals surface area contributed by atoms with Crippen LogP contribution in [0, 0.1) is 0 Å². The molecule has 0 amide bonds. The van der Waals surface area contributed by atoms with Crippen molar-refractivity contribution >= 4 is 11.8 Å². The minimum Gasteiger partial charge on any atom is -0.392 e. The summed E-state index contributed by atoms with van der Waals surface area (Å²) in [5, 5.41) is 10.3. The molecule has 0 aromatic heterocycles. The van der Waals surface area contributed by atoms with Gasteiger partial charge in [0.1, 0.15) is 0 Å². The molecule has 1 aliphatic rings. The lowest BCUT2D eigenvalue weighted by atomic mass is 9.97. The van der Waals surface area contributed by atoms with E-state index >= 15 is 0 Å². The van der Waals surface area contributed by atoms with Crippen LogP contribution in [0.4, 0.5) is 0 Å². The van der Waals surface area contributed by atoms with E-state index in [1.807, 2.05) is 11.8 Å². The Balaban J connectivity index is 1.98. The van der Waals surface area contributed by atoms with Crippen molar-refractivity contribution in [2.45, 2.75) is 61.7 Å². The van der Waals surface area contributed by atoms with Gasteiger partial charge in [-0.15, -0.1) is 11.8 Å². The van der Waals surface area contributed by atoms with E-state index in [1.165, 1.54) is 23.3 Å². The number of rotatable bonds is 3. The fourth-order valence-corrected chi connectivity index (χ4v) is 3.54. The van der Waals surface area contributed by atoms with Gasteiger partial charge < -0.3 is 5.11 Å². The van der Waals surface area contributed by atoms with Gasteiger partial charge in [-0.1, -0.05) is 38.8 Å². The normalized spacial score (nSPS) is 25.2. The summed E-state index contributed by atoms with van der Waals surface area (Å²) in [5.74, 6) is 0.592. The maximum Gasteiger partial charge on any atom is 0.0662 e. The van der Waals surface area contributed by atoms with Gasteiger partial charge in [0.15, 0.2) is 0 Å². The molecule has 1 aliphatic carbocycles. The Bertz CT molecular complexity index is 344. The molecule has 0 unspecified atom stereocenters. The number of benzene rings is 1. The summed E-state index contributed by atoms with van der Waals surface area (Å²) in [6.07, 6.45) is 4.46. The maximum atomic E-state index is 9.95. The molecular formula is C15H22OS. The zero-order valence-corrected chi connectivity index (χ0v) is 11.5. The smallest absolute Gasteiger partial charge is 0.0662 e. The van der Waals surface area contributed by atoms with Gasteiger partial charge in [-0.3, -0.25) is 0 Å². The van der Waals surface area contributed by atoms with E-state index in [9.17, 15) is 5.11 Å². The van der Waals surface area contributed by atoms with E-state index < -0.39 is 0 Å². The molecule has 2 heteroatoms. The highest BCUT2D eigenvalue weighted by Gasteiger charge is 2.23. The van der Waals surface area contributed by atoms with E-state index in [2.05, 4.69) is 38.1 Å². The van der Waals surface area contributed by atoms with Gasteiger partial charge in [0.05, 0.1) is 6.10 Å². The predicted molar refractivity (Wildman–Crippen MR) is 74.7 cm³/mol. The topological polar surface area (TPSA) is 20.2 Å². The first-order valence-corrected chi connectivity index (χ1v) is 7.49. The third kappa shape index (κ3) is 3.49. The van der Waals surface area contributed by atoms with Gasteiger partial charge >= 0.3 is 0 Å². The Kier molecular flexibility index (Phi) is 4.52. The molecule has 94 valence electrons. The van der Waals surface area contributed by atoms with Crippen molar-refractivity contribution in [2.75, 3.05) is 0 Å². The number of aliphatic hydroxyl groups excluding tert-OH is 1. The molecule has 0 radical (unpaired) electrons. The minimum atomic E-state index is -0.112. The highest BCUT2D eigenvalue weighted by molar-refractivity contribution is 8.00. The lowest BCUT2D eigenvalue weighted by Crippen LogP contribution is -2.26. The fraction of sp³-hybridized carbons (Fsp3) is 0.600. The van der Waals surface area contributed by atoms with E-state index in [1.54, 1.807) is 0 Å². The second kappa shape index (κ2) is 5.92. The van der Waals surface area contributed by atoms with Crippen molar-refractivity contribution in [1.82, 2.24) is 0 Å². The van der Waals surface area contributed by atoms with Crippen LogP contribution in [0.2, 0.25) is 0 Å². The quantitative estimate of drug-likeness (QED) is 0.867. The monoisotopic (exact) mass is 250 g/mol. The molecule has 17 heavy (non-hydrogen) atoms. The largest absolute Gasteiger partial charge is 0.392 e. The van der Waals surface area contributed by atoms with Crippen molar-refractivity contribution in [3.63, 3.8) is 0 Å². The highest BCUT2D eigenvalue weighted by Crippen LogP contribution is 2.34. The van der Waals surface area contributed by atoms with Crippen LogP contribution in [0.1, 0.15) is 51.0 Å². The summed E-state index contributed by atoms with van der Waals surface area (Å²) in [5.41, 5.74) is 1.39. The van der Waals surface area contributed by atoms with Crippen LogP contribution in [-0.4, -0.2) is 16.5 Å². The summed E-state index contributed by atoms with van der Waals surface area (Å²) >= 11 is 1.84. The third-order valence-corrected chi connectivity index (χ3v) is 4.90. The molecule has 0 spiro atoms. The van der Waals surface area contributed by atoms with Crippen LogP contribution in [0.3, 0.4) is 0 Å². The molecule has 1 nitrogen and oxygen atoms in total. The first kappa shape index (κ1) is 13.0. The molecule has 0 saturated heterocycles. The van der Waals surface area contributed by atoms with E-state index in [0.29, 0.717) is 11.2 Å².